The molecule has 0 atom stereocenters. The van der Waals surface area contributed by atoms with Crippen LogP contribution >= 0.6 is 23.1 Å². The monoisotopic (exact) mass is 270 g/mol. The van der Waals surface area contributed by atoms with Gasteiger partial charge in [-0.1, -0.05) is 23.1 Å². The Morgan fingerprint density at radius 2 is 2.41 bits per heavy atom. The highest BCUT2D eigenvalue weighted by Gasteiger charge is 2.15. The van der Waals surface area contributed by atoms with Crippen LogP contribution in [-0.4, -0.2) is 22.8 Å². The van der Waals surface area contributed by atoms with Gasteiger partial charge in [-0.15, -0.1) is 10.2 Å². The molecule has 0 bridgehead atoms. The van der Waals surface area contributed by atoms with Crippen LogP contribution in [0.1, 0.15) is 22.5 Å². The molecule has 0 aliphatic rings. The second kappa shape index (κ2) is 5.33. The summed E-state index contributed by atoms with van der Waals surface area (Å²) in [6.45, 7) is 3.96. The maximum atomic E-state index is 11.4. The lowest BCUT2D eigenvalue weighted by atomic mass is 10.5. The topological polar surface area (TPSA) is 65.2 Å². The lowest BCUT2D eigenvalue weighted by molar-refractivity contribution is 0.0525. The molecule has 2 aromatic heterocycles. The van der Waals surface area contributed by atoms with Crippen LogP contribution < -0.4 is 0 Å². The number of rotatable bonds is 4. The highest BCUT2D eigenvalue weighted by atomic mass is 32.2. The van der Waals surface area contributed by atoms with Gasteiger partial charge in [-0.2, -0.15) is 0 Å². The van der Waals surface area contributed by atoms with Crippen molar-refractivity contribution in [3.8, 4) is 0 Å². The van der Waals surface area contributed by atoms with Gasteiger partial charge in [0.05, 0.1) is 17.8 Å². The van der Waals surface area contributed by atoms with E-state index >= 15 is 0 Å². The highest BCUT2D eigenvalue weighted by Crippen LogP contribution is 2.32. The first-order valence-corrected chi connectivity index (χ1v) is 6.56. The lowest BCUT2D eigenvalue weighted by Gasteiger charge is -1.94. The molecule has 0 unspecified atom stereocenters. The number of nitrogens with zero attached hydrogens (tertiary/aromatic N) is 2. The third-order valence-corrected chi connectivity index (χ3v) is 3.96. The minimum Gasteiger partial charge on any atom is -0.468 e. The molecule has 0 aromatic carbocycles. The van der Waals surface area contributed by atoms with Gasteiger partial charge in [-0.05, 0) is 19.9 Å². The molecule has 0 saturated heterocycles. The Labute approximate surface area is 106 Å². The zero-order valence-electron chi connectivity index (χ0n) is 9.30. The van der Waals surface area contributed by atoms with Crippen LogP contribution in [0.25, 0.3) is 0 Å². The van der Waals surface area contributed by atoms with Crippen LogP contribution in [0, 0.1) is 6.92 Å². The van der Waals surface area contributed by atoms with Crippen molar-refractivity contribution in [3.63, 3.8) is 0 Å². The average molecular weight is 270 g/mol. The summed E-state index contributed by atoms with van der Waals surface area (Å²) in [6.07, 6.45) is 1.62. The first-order valence-electron chi connectivity index (χ1n) is 4.93. The number of carbonyl (C=O) groups is 1. The molecule has 5 nitrogen and oxygen atoms in total. The van der Waals surface area contributed by atoms with Crippen LogP contribution in [0.2, 0.25) is 0 Å². The molecule has 0 fully saturated rings. The van der Waals surface area contributed by atoms with Crippen molar-refractivity contribution in [2.75, 3.05) is 6.61 Å². The number of ether oxygens (including phenoxy) is 1. The van der Waals surface area contributed by atoms with Crippen molar-refractivity contribution in [2.45, 2.75) is 23.1 Å². The molecule has 0 aliphatic carbocycles. The first kappa shape index (κ1) is 12.1. The Balaban J connectivity index is 2.09. The van der Waals surface area contributed by atoms with Crippen molar-refractivity contribution in [1.82, 2.24) is 10.2 Å². The molecular weight excluding hydrogens is 260 g/mol. The maximum absolute atomic E-state index is 11.4. The molecule has 0 spiro atoms. The number of hydrogen-bond acceptors (Lipinski definition) is 7. The molecule has 2 rings (SSSR count). The van der Waals surface area contributed by atoms with Crippen LogP contribution in [0.3, 0.4) is 0 Å². The van der Waals surface area contributed by atoms with Crippen molar-refractivity contribution >= 4 is 29.1 Å². The van der Waals surface area contributed by atoms with E-state index in [0.717, 1.165) is 10.7 Å². The van der Waals surface area contributed by atoms with Gasteiger partial charge in [-0.3, -0.25) is 0 Å². The molecule has 17 heavy (non-hydrogen) atoms. The smallest absolute Gasteiger partial charge is 0.369 e. The molecule has 2 aromatic rings. The molecular formula is C10H10N2O3S2. The minimum absolute atomic E-state index is 0.274. The second-order valence-corrected chi connectivity index (χ2v) is 5.30. The van der Waals surface area contributed by atoms with E-state index in [1.807, 2.05) is 13.0 Å². The molecule has 90 valence electrons. The molecule has 2 heterocycles. The standard InChI is InChI=1S/C10H10N2O3S2/c1-3-14-9(13)8-11-12-10(17-8)16-7-4-5-15-6(7)2/h4-5H,3H2,1-2H3. The summed E-state index contributed by atoms with van der Waals surface area (Å²) in [7, 11) is 0. The maximum Gasteiger partial charge on any atom is 0.369 e. The van der Waals surface area contributed by atoms with Gasteiger partial charge < -0.3 is 9.15 Å². The Morgan fingerprint density at radius 1 is 1.59 bits per heavy atom. The summed E-state index contributed by atoms with van der Waals surface area (Å²) in [6, 6.07) is 1.85. The van der Waals surface area contributed by atoms with E-state index in [-0.39, 0.29) is 5.01 Å². The highest BCUT2D eigenvalue weighted by molar-refractivity contribution is 8.01. The van der Waals surface area contributed by atoms with E-state index in [1.165, 1.54) is 23.1 Å². The van der Waals surface area contributed by atoms with E-state index < -0.39 is 5.97 Å². The Morgan fingerprint density at radius 3 is 3.06 bits per heavy atom. The normalized spacial score (nSPS) is 10.5. The van der Waals surface area contributed by atoms with Crippen LogP contribution in [0.5, 0.6) is 0 Å². The largest absolute Gasteiger partial charge is 0.468 e. The van der Waals surface area contributed by atoms with Crippen molar-refractivity contribution in [2.24, 2.45) is 0 Å². The van der Waals surface area contributed by atoms with Gasteiger partial charge in [0, 0.05) is 0 Å². The summed E-state index contributed by atoms with van der Waals surface area (Å²) < 4.78 is 10.7. The fourth-order valence-electron chi connectivity index (χ4n) is 1.10. The quantitative estimate of drug-likeness (QED) is 0.796. The van der Waals surface area contributed by atoms with Gasteiger partial charge in [-0.25, -0.2) is 4.79 Å². The zero-order chi connectivity index (χ0) is 12.3. The number of esters is 1. The number of furan rings is 1. The van der Waals surface area contributed by atoms with E-state index in [1.54, 1.807) is 13.2 Å². The summed E-state index contributed by atoms with van der Waals surface area (Å²) in [5.74, 6) is 0.392. The number of carbonyl (C=O) groups excluding carboxylic acids is 1. The van der Waals surface area contributed by atoms with Gasteiger partial charge in [0.2, 0.25) is 5.01 Å². The molecule has 7 heteroatoms. The Bertz CT molecular complexity index is 521. The van der Waals surface area contributed by atoms with Crippen molar-refractivity contribution in [3.05, 3.63) is 23.1 Å². The minimum atomic E-state index is -0.430. The number of aryl methyl sites for hydroxylation is 1. The SMILES string of the molecule is CCOC(=O)c1nnc(Sc2ccoc2C)s1. The van der Waals surface area contributed by atoms with E-state index in [2.05, 4.69) is 10.2 Å². The summed E-state index contributed by atoms with van der Waals surface area (Å²) >= 11 is 2.63. The number of aromatic nitrogens is 2. The van der Waals surface area contributed by atoms with Gasteiger partial charge in [0.25, 0.3) is 0 Å². The predicted octanol–water partition coefficient (Wildman–Crippen LogP) is 2.77. The molecule has 0 saturated carbocycles. The summed E-state index contributed by atoms with van der Waals surface area (Å²) in [4.78, 5) is 12.4. The zero-order valence-corrected chi connectivity index (χ0v) is 10.9. The first-order chi connectivity index (χ1) is 8.20. The van der Waals surface area contributed by atoms with Gasteiger partial charge in [0.1, 0.15) is 5.76 Å². The van der Waals surface area contributed by atoms with Crippen molar-refractivity contribution < 1.29 is 13.9 Å². The van der Waals surface area contributed by atoms with E-state index in [9.17, 15) is 4.79 Å². The third-order valence-electron chi connectivity index (χ3n) is 1.87. The van der Waals surface area contributed by atoms with Gasteiger partial charge in [0.15, 0.2) is 4.34 Å². The molecule has 0 aliphatic heterocycles. The second-order valence-electron chi connectivity index (χ2n) is 3.04. The summed E-state index contributed by atoms with van der Waals surface area (Å²) in [5, 5.41) is 7.99. The van der Waals surface area contributed by atoms with E-state index in [0.29, 0.717) is 10.9 Å². The fourth-order valence-corrected chi connectivity index (χ4v) is 2.83. The van der Waals surface area contributed by atoms with Crippen LogP contribution in [0.4, 0.5) is 0 Å². The van der Waals surface area contributed by atoms with Crippen LogP contribution in [0.15, 0.2) is 26.0 Å². The summed E-state index contributed by atoms with van der Waals surface area (Å²) in [5.41, 5.74) is 0. The van der Waals surface area contributed by atoms with E-state index in [4.69, 9.17) is 9.15 Å². The molecule has 0 radical (unpaired) electrons. The Kier molecular flexibility index (Phi) is 3.80. The van der Waals surface area contributed by atoms with Crippen LogP contribution in [-0.2, 0) is 4.74 Å². The average Bonchev–Trinajstić information content (AvgIpc) is 2.90. The fraction of sp³-hybridized carbons (Fsp3) is 0.300. The predicted molar refractivity (Wildman–Crippen MR) is 63.4 cm³/mol. The van der Waals surface area contributed by atoms with Crippen molar-refractivity contribution in [1.29, 1.82) is 0 Å². The Hall–Kier alpha value is -1.34. The van der Waals surface area contributed by atoms with Gasteiger partial charge >= 0.3 is 5.97 Å². The number of hydrogen-bond donors (Lipinski definition) is 0. The molecule has 0 N–H and O–H groups in total. The molecule has 0 amide bonds. The lowest BCUT2D eigenvalue weighted by Crippen LogP contribution is -2.03. The third kappa shape index (κ3) is 2.86.